The Morgan fingerprint density at radius 2 is 2.43 bits per heavy atom. The second-order valence-corrected chi connectivity index (χ2v) is 2.49. The zero-order valence-corrected chi connectivity index (χ0v) is 7.60. The average molecular weight is 194 g/mol. The quantitative estimate of drug-likeness (QED) is 0.427. The maximum atomic E-state index is 10.8. The van der Waals surface area contributed by atoms with E-state index in [9.17, 15) is 4.79 Å². The number of oxime groups is 1. The molecule has 5 heteroatoms. The number of carbonyl (C=O) groups is 1. The van der Waals surface area contributed by atoms with Gasteiger partial charge < -0.3 is 9.94 Å². The van der Waals surface area contributed by atoms with Gasteiger partial charge in [-0.1, -0.05) is 17.3 Å². The molecule has 14 heavy (non-hydrogen) atoms. The second kappa shape index (κ2) is 4.86. The van der Waals surface area contributed by atoms with Gasteiger partial charge in [-0.05, 0) is 17.7 Å². The minimum atomic E-state index is -0.539. The summed E-state index contributed by atoms with van der Waals surface area (Å²) in [6.07, 6.45) is 0.728. The molecule has 0 bridgehead atoms. The van der Waals surface area contributed by atoms with Gasteiger partial charge in [0, 0.05) is 5.69 Å². The van der Waals surface area contributed by atoms with E-state index in [2.05, 4.69) is 15.2 Å². The molecule has 0 aliphatic heterocycles. The number of nitrogens with one attached hydrogen (secondary N) is 1. The average Bonchev–Trinajstić information content (AvgIpc) is 2.19. The molecule has 1 aromatic carbocycles. The van der Waals surface area contributed by atoms with E-state index in [0.717, 1.165) is 0 Å². The molecule has 5 nitrogen and oxygen atoms in total. The highest BCUT2D eigenvalue weighted by atomic mass is 16.5. The van der Waals surface area contributed by atoms with Crippen LogP contribution in [0.4, 0.5) is 10.5 Å². The normalized spacial score (nSPS) is 10.1. The fourth-order valence-electron chi connectivity index (χ4n) is 0.932. The van der Waals surface area contributed by atoms with Crippen LogP contribution in [-0.4, -0.2) is 24.6 Å². The minimum absolute atomic E-state index is 0.539. The molecule has 1 rings (SSSR count). The molecule has 0 saturated carbocycles. The van der Waals surface area contributed by atoms with E-state index in [4.69, 9.17) is 5.21 Å². The van der Waals surface area contributed by atoms with Crippen LogP contribution in [-0.2, 0) is 4.74 Å². The van der Waals surface area contributed by atoms with E-state index in [1.165, 1.54) is 13.3 Å². The Kier molecular flexibility index (Phi) is 3.49. The van der Waals surface area contributed by atoms with Gasteiger partial charge in [0.15, 0.2) is 0 Å². The molecule has 2 N–H and O–H groups in total. The van der Waals surface area contributed by atoms with Crippen LogP contribution in [0.3, 0.4) is 0 Å². The first-order chi connectivity index (χ1) is 6.76. The van der Waals surface area contributed by atoms with Crippen molar-refractivity contribution < 1.29 is 14.7 Å². The third-order valence-electron chi connectivity index (χ3n) is 1.53. The highest BCUT2D eigenvalue weighted by Gasteiger charge is 1.99. The number of carbonyl (C=O) groups excluding carboxylic acids is 1. The van der Waals surface area contributed by atoms with E-state index >= 15 is 0 Å². The maximum Gasteiger partial charge on any atom is 0.411 e. The Morgan fingerprint density at radius 3 is 3.07 bits per heavy atom. The number of hydrogen-bond donors (Lipinski definition) is 2. The number of amides is 1. The summed E-state index contributed by atoms with van der Waals surface area (Å²) in [6.45, 7) is 0. The summed E-state index contributed by atoms with van der Waals surface area (Å²) in [7, 11) is 1.29. The van der Waals surface area contributed by atoms with Gasteiger partial charge >= 0.3 is 6.09 Å². The number of rotatable bonds is 2. The number of anilines is 1. The van der Waals surface area contributed by atoms with Gasteiger partial charge in [0.2, 0.25) is 0 Å². The van der Waals surface area contributed by atoms with Gasteiger partial charge in [0.05, 0.1) is 13.3 Å². The van der Waals surface area contributed by atoms with Gasteiger partial charge in [-0.2, -0.15) is 0 Å². The van der Waals surface area contributed by atoms with Crippen molar-refractivity contribution in [2.24, 2.45) is 5.16 Å². The van der Waals surface area contributed by atoms with Crippen LogP contribution in [0.1, 0.15) is 5.56 Å². The zero-order valence-electron chi connectivity index (χ0n) is 7.60. The van der Waals surface area contributed by atoms with Gasteiger partial charge in [0.1, 0.15) is 0 Å². The number of benzene rings is 1. The molecule has 0 saturated heterocycles. The predicted octanol–water partition coefficient (Wildman–Crippen LogP) is 1.67. The SMILES string of the molecule is COC(=O)Nc1cccc(/C=N/O)c1. The van der Waals surface area contributed by atoms with Crippen molar-refractivity contribution in [3.8, 4) is 0 Å². The molecule has 0 aliphatic rings. The molecule has 0 aromatic heterocycles. The van der Waals surface area contributed by atoms with E-state index in [1.54, 1.807) is 24.3 Å². The molecule has 0 atom stereocenters. The molecule has 1 aromatic rings. The molecule has 0 spiro atoms. The molecule has 0 unspecified atom stereocenters. The monoisotopic (exact) mass is 194 g/mol. The van der Waals surface area contributed by atoms with Crippen LogP contribution in [0.2, 0.25) is 0 Å². The van der Waals surface area contributed by atoms with Crippen LogP contribution >= 0.6 is 0 Å². The molecule has 0 heterocycles. The molecular weight excluding hydrogens is 184 g/mol. The lowest BCUT2D eigenvalue weighted by Gasteiger charge is -2.03. The largest absolute Gasteiger partial charge is 0.453 e. The third-order valence-corrected chi connectivity index (χ3v) is 1.53. The summed E-state index contributed by atoms with van der Waals surface area (Å²) >= 11 is 0. The first-order valence-electron chi connectivity index (χ1n) is 3.88. The van der Waals surface area contributed by atoms with Crippen molar-refractivity contribution in [3.63, 3.8) is 0 Å². The van der Waals surface area contributed by atoms with Gasteiger partial charge in [0.25, 0.3) is 0 Å². The third kappa shape index (κ3) is 2.78. The van der Waals surface area contributed by atoms with Gasteiger partial charge in [-0.15, -0.1) is 0 Å². The summed E-state index contributed by atoms with van der Waals surface area (Å²) < 4.78 is 4.42. The molecule has 1 amide bonds. The fraction of sp³-hybridized carbons (Fsp3) is 0.111. The first-order valence-corrected chi connectivity index (χ1v) is 3.88. The van der Waals surface area contributed by atoms with Crippen LogP contribution in [0.5, 0.6) is 0 Å². The standard InChI is InChI=1S/C9H10N2O3/c1-14-9(12)11-8-4-2-3-7(5-8)6-10-13/h2-6,13H,1H3,(H,11,12)/b10-6+. The Labute approximate surface area is 81.0 Å². The highest BCUT2D eigenvalue weighted by Crippen LogP contribution is 2.09. The molecule has 74 valence electrons. The van der Waals surface area contributed by atoms with Crippen LogP contribution < -0.4 is 5.32 Å². The van der Waals surface area contributed by atoms with Crippen molar-refractivity contribution in [3.05, 3.63) is 29.8 Å². The Bertz CT molecular complexity index is 350. The van der Waals surface area contributed by atoms with Crippen LogP contribution in [0.15, 0.2) is 29.4 Å². The summed E-state index contributed by atoms with van der Waals surface area (Å²) in [4.78, 5) is 10.8. The van der Waals surface area contributed by atoms with E-state index in [0.29, 0.717) is 11.3 Å². The first kappa shape index (κ1) is 10.0. The van der Waals surface area contributed by atoms with Crippen LogP contribution in [0.25, 0.3) is 0 Å². The second-order valence-electron chi connectivity index (χ2n) is 2.49. The lowest BCUT2D eigenvalue weighted by Crippen LogP contribution is -2.10. The number of ether oxygens (including phenoxy) is 1. The minimum Gasteiger partial charge on any atom is -0.453 e. The molecule has 0 fully saturated rings. The maximum absolute atomic E-state index is 10.8. The summed E-state index contributed by atoms with van der Waals surface area (Å²) in [5.74, 6) is 0. The summed E-state index contributed by atoms with van der Waals surface area (Å²) in [5.41, 5.74) is 1.26. The van der Waals surface area contributed by atoms with E-state index < -0.39 is 6.09 Å². The zero-order chi connectivity index (χ0) is 10.4. The molecule has 0 radical (unpaired) electrons. The van der Waals surface area contributed by atoms with Crippen molar-refractivity contribution >= 4 is 18.0 Å². The Hall–Kier alpha value is -2.04. The van der Waals surface area contributed by atoms with Crippen molar-refractivity contribution in [1.29, 1.82) is 0 Å². The molecule has 0 aliphatic carbocycles. The van der Waals surface area contributed by atoms with Gasteiger partial charge in [-0.3, -0.25) is 5.32 Å². The van der Waals surface area contributed by atoms with E-state index in [-0.39, 0.29) is 0 Å². The smallest absolute Gasteiger partial charge is 0.411 e. The Balaban J connectivity index is 2.78. The fourth-order valence-corrected chi connectivity index (χ4v) is 0.932. The number of methoxy groups -OCH3 is 1. The lowest BCUT2D eigenvalue weighted by molar-refractivity contribution is 0.187. The van der Waals surface area contributed by atoms with Crippen molar-refractivity contribution in [1.82, 2.24) is 0 Å². The summed E-state index contributed by atoms with van der Waals surface area (Å²) in [6, 6.07) is 6.81. The van der Waals surface area contributed by atoms with Gasteiger partial charge in [-0.25, -0.2) is 4.79 Å². The summed E-state index contributed by atoms with van der Waals surface area (Å²) in [5, 5.41) is 13.7. The Morgan fingerprint density at radius 1 is 1.64 bits per heavy atom. The highest BCUT2D eigenvalue weighted by molar-refractivity contribution is 5.87. The predicted molar refractivity (Wildman–Crippen MR) is 51.9 cm³/mol. The van der Waals surface area contributed by atoms with Crippen molar-refractivity contribution in [2.45, 2.75) is 0 Å². The molecular formula is C9H10N2O3. The topological polar surface area (TPSA) is 70.9 Å². The number of nitrogens with zero attached hydrogens (tertiary/aromatic N) is 1. The lowest BCUT2D eigenvalue weighted by atomic mass is 10.2. The van der Waals surface area contributed by atoms with Crippen molar-refractivity contribution in [2.75, 3.05) is 12.4 Å². The number of hydrogen-bond acceptors (Lipinski definition) is 4. The van der Waals surface area contributed by atoms with E-state index in [1.807, 2.05) is 0 Å². The van der Waals surface area contributed by atoms with Crippen LogP contribution in [0, 0.1) is 0 Å².